The molecule has 1 aromatic heterocycles. The SMILES string of the molecule is CCc1c(Cl)nc(C)nc1N1CCC[C@@H](N2CCNC2=O)C1. The van der Waals surface area contributed by atoms with Crippen LogP contribution in [0.3, 0.4) is 0 Å². The molecule has 3 rings (SSSR count). The van der Waals surface area contributed by atoms with E-state index >= 15 is 0 Å². The predicted molar refractivity (Wildman–Crippen MR) is 86.5 cm³/mol. The molecule has 22 heavy (non-hydrogen) atoms. The number of anilines is 1. The molecule has 0 bridgehead atoms. The van der Waals surface area contributed by atoms with Crippen LogP contribution in [0.5, 0.6) is 0 Å². The summed E-state index contributed by atoms with van der Waals surface area (Å²) in [6, 6.07) is 0.300. The summed E-state index contributed by atoms with van der Waals surface area (Å²) >= 11 is 6.29. The normalized spacial score (nSPS) is 22.1. The molecular weight excluding hydrogens is 302 g/mol. The maximum atomic E-state index is 11.9. The van der Waals surface area contributed by atoms with E-state index in [1.165, 1.54) is 0 Å². The van der Waals surface area contributed by atoms with E-state index in [9.17, 15) is 4.79 Å². The first-order valence-corrected chi connectivity index (χ1v) is 8.30. The van der Waals surface area contributed by atoms with E-state index in [0.717, 1.165) is 56.8 Å². The van der Waals surface area contributed by atoms with Crippen LogP contribution in [0.15, 0.2) is 0 Å². The largest absolute Gasteiger partial charge is 0.354 e. The van der Waals surface area contributed by atoms with Crippen LogP contribution in [0.2, 0.25) is 5.15 Å². The first kappa shape index (κ1) is 15.3. The Balaban J connectivity index is 1.84. The first-order chi connectivity index (χ1) is 10.6. The van der Waals surface area contributed by atoms with Gasteiger partial charge in [0.2, 0.25) is 0 Å². The highest BCUT2D eigenvalue weighted by atomic mass is 35.5. The lowest BCUT2D eigenvalue weighted by Crippen LogP contribution is -2.49. The summed E-state index contributed by atoms with van der Waals surface area (Å²) in [5.41, 5.74) is 0.999. The molecule has 0 saturated carbocycles. The summed E-state index contributed by atoms with van der Waals surface area (Å²) in [6.45, 7) is 7.23. The number of hydrogen-bond acceptors (Lipinski definition) is 4. The Hall–Kier alpha value is -1.56. The highest BCUT2D eigenvalue weighted by Crippen LogP contribution is 2.28. The van der Waals surface area contributed by atoms with Crippen LogP contribution in [-0.4, -0.2) is 53.1 Å². The standard InChI is InChI=1S/C15H22ClN5O/c1-3-12-13(16)18-10(2)19-14(12)20-7-4-5-11(9-20)21-8-6-17-15(21)22/h11H,3-9H2,1-2H3,(H,17,22)/t11-/m1/s1. The molecule has 2 fully saturated rings. The molecule has 2 aliphatic rings. The van der Waals surface area contributed by atoms with Crippen LogP contribution < -0.4 is 10.2 Å². The van der Waals surface area contributed by atoms with Crippen LogP contribution in [0.25, 0.3) is 0 Å². The molecule has 0 unspecified atom stereocenters. The van der Waals surface area contributed by atoms with Gasteiger partial charge in [-0.05, 0) is 26.2 Å². The summed E-state index contributed by atoms with van der Waals surface area (Å²) in [6.07, 6.45) is 2.90. The molecule has 3 heterocycles. The quantitative estimate of drug-likeness (QED) is 0.864. The van der Waals surface area contributed by atoms with Crippen molar-refractivity contribution < 1.29 is 4.79 Å². The molecule has 0 aliphatic carbocycles. The maximum absolute atomic E-state index is 11.9. The van der Waals surface area contributed by atoms with Crippen molar-refractivity contribution in [3.05, 3.63) is 16.5 Å². The van der Waals surface area contributed by atoms with Gasteiger partial charge in [-0.1, -0.05) is 18.5 Å². The molecule has 2 amide bonds. The monoisotopic (exact) mass is 323 g/mol. The number of hydrogen-bond donors (Lipinski definition) is 1. The van der Waals surface area contributed by atoms with Gasteiger partial charge < -0.3 is 15.1 Å². The summed E-state index contributed by atoms with van der Waals surface area (Å²) in [4.78, 5) is 25.0. The first-order valence-electron chi connectivity index (χ1n) is 7.92. The summed E-state index contributed by atoms with van der Waals surface area (Å²) in [7, 11) is 0. The molecule has 0 radical (unpaired) electrons. The lowest BCUT2D eigenvalue weighted by Gasteiger charge is -2.38. The molecule has 0 aromatic carbocycles. The Morgan fingerprint density at radius 2 is 2.18 bits per heavy atom. The fourth-order valence-electron chi connectivity index (χ4n) is 3.35. The Morgan fingerprint density at radius 1 is 1.36 bits per heavy atom. The Morgan fingerprint density at radius 3 is 2.86 bits per heavy atom. The van der Waals surface area contributed by atoms with Gasteiger partial charge in [-0.15, -0.1) is 0 Å². The van der Waals surface area contributed by atoms with E-state index in [-0.39, 0.29) is 12.1 Å². The van der Waals surface area contributed by atoms with Gasteiger partial charge in [-0.25, -0.2) is 14.8 Å². The lowest BCUT2D eigenvalue weighted by molar-refractivity contribution is 0.189. The smallest absolute Gasteiger partial charge is 0.317 e. The van der Waals surface area contributed by atoms with Gasteiger partial charge in [0.15, 0.2) is 0 Å². The highest BCUT2D eigenvalue weighted by molar-refractivity contribution is 6.30. The van der Waals surface area contributed by atoms with Crippen molar-refractivity contribution >= 4 is 23.4 Å². The van der Waals surface area contributed by atoms with Crippen molar-refractivity contribution in [3.8, 4) is 0 Å². The number of nitrogens with zero attached hydrogens (tertiary/aromatic N) is 4. The van der Waals surface area contributed by atoms with E-state index in [1.807, 2.05) is 11.8 Å². The lowest BCUT2D eigenvalue weighted by atomic mass is 10.0. The molecule has 6 nitrogen and oxygen atoms in total. The van der Waals surface area contributed by atoms with Gasteiger partial charge in [0.25, 0.3) is 0 Å². The summed E-state index contributed by atoms with van der Waals surface area (Å²) in [5, 5.41) is 3.43. The van der Waals surface area contributed by atoms with Crippen molar-refractivity contribution in [1.82, 2.24) is 20.2 Å². The van der Waals surface area contributed by atoms with Crippen molar-refractivity contribution in [2.75, 3.05) is 31.1 Å². The van der Waals surface area contributed by atoms with Crippen molar-refractivity contribution in [2.24, 2.45) is 0 Å². The third kappa shape index (κ3) is 2.84. The number of carbonyl (C=O) groups is 1. The molecule has 1 N–H and O–H groups in total. The maximum Gasteiger partial charge on any atom is 0.317 e. The van der Waals surface area contributed by atoms with E-state index < -0.39 is 0 Å². The molecule has 0 spiro atoms. The summed E-state index contributed by atoms with van der Waals surface area (Å²) in [5.74, 6) is 1.63. The third-order valence-electron chi connectivity index (χ3n) is 4.43. The van der Waals surface area contributed by atoms with Crippen LogP contribution in [-0.2, 0) is 6.42 Å². The Labute approximate surface area is 135 Å². The van der Waals surface area contributed by atoms with E-state index in [1.54, 1.807) is 0 Å². The number of carbonyl (C=O) groups excluding carboxylic acids is 1. The number of amides is 2. The van der Waals surface area contributed by atoms with Crippen LogP contribution in [0, 0.1) is 6.92 Å². The number of aryl methyl sites for hydroxylation is 1. The van der Waals surface area contributed by atoms with E-state index in [0.29, 0.717) is 11.0 Å². The Bertz CT molecular complexity index is 579. The van der Waals surface area contributed by atoms with E-state index in [4.69, 9.17) is 11.6 Å². The van der Waals surface area contributed by atoms with Crippen molar-refractivity contribution in [1.29, 1.82) is 0 Å². The van der Waals surface area contributed by atoms with Gasteiger partial charge >= 0.3 is 6.03 Å². The summed E-state index contributed by atoms with van der Waals surface area (Å²) < 4.78 is 0. The van der Waals surface area contributed by atoms with Gasteiger partial charge in [-0.2, -0.15) is 0 Å². The molecule has 2 saturated heterocycles. The molecule has 1 aromatic rings. The van der Waals surface area contributed by atoms with Crippen molar-refractivity contribution in [3.63, 3.8) is 0 Å². The van der Waals surface area contributed by atoms with Crippen LogP contribution >= 0.6 is 11.6 Å². The Kier molecular flexibility index (Phi) is 4.38. The molecular formula is C15H22ClN5O. The zero-order valence-corrected chi connectivity index (χ0v) is 13.9. The fourth-order valence-corrected chi connectivity index (χ4v) is 3.69. The topological polar surface area (TPSA) is 61.4 Å². The predicted octanol–water partition coefficient (Wildman–Crippen LogP) is 1.99. The minimum atomic E-state index is 0.0551. The van der Waals surface area contributed by atoms with Gasteiger partial charge in [-0.3, -0.25) is 0 Å². The van der Waals surface area contributed by atoms with Crippen molar-refractivity contribution in [2.45, 2.75) is 39.2 Å². The zero-order chi connectivity index (χ0) is 15.7. The number of aromatic nitrogens is 2. The minimum Gasteiger partial charge on any atom is -0.354 e. The molecule has 120 valence electrons. The number of halogens is 1. The average Bonchev–Trinajstić information content (AvgIpc) is 2.93. The van der Waals surface area contributed by atoms with Gasteiger partial charge in [0.1, 0.15) is 16.8 Å². The number of rotatable bonds is 3. The number of piperidine rings is 1. The second kappa shape index (κ2) is 6.28. The van der Waals surface area contributed by atoms with Gasteiger partial charge in [0, 0.05) is 31.7 Å². The number of nitrogens with one attached hydrogen (secondary N) is 1. The fraction of sp³-hybridized carbons (Fsp3) is 0.667. The molecule has 7 heteroatoms. The zero-order valence-electron chi connectivity index (χ0n) is 13.1. The van der Waals surface area contributed by atoms with Crippen LogP contribution in [0.1, 0.15) is 31.2 Å². The second-order valence-corrected chi connectivity index (χ2v) is 6.24. The number of urea groups is 1. The third-order valence-corrected chi connectivity index (χ3v) is 4.74. The van der Waals surface area contributed by atoms with Gasteiger partial charge in [0.05, 0.1) is 6.04 Å². The van der Waals surface area contributed by atoms with Crippen LogP contribution in [0.4, 0.5) is 10.6 Å². The highest BCUT2D eigenvalue weighted by Gasteiger charge is 2.32. The second-order valence-electron chi connectivity index (χ2n) is 5.88. The van der Waals surface area contributed by atoms with E-state index in [2.05, 4.69) is 27.1 Å². The average molecular weight is 324 g/mol. The minimum absolute atomic E-state index is 0.0551. The molecule has 1 atom stereocenters. The molecule has 2 aliphatic heterocycles.